The number of hydrogen-bond acceptors (Lipinski definition) is 2. The smallest absolute Gasteiger partial charge is 0.319 e. The van der Waals surface area contributed by atoms with E-state index in [1.807, 2.05) is 41.9 Å². The molecule has 0 radical (unpaired) electrons. The van der Waals surface area contributed by atoms with Crippen LogP contribution in [0, 0.1) is 13.8 Å². The van der Waals surface area contributed by atoms with Crippen LogP contribution in [0.2, 0.25) is 0 Å². The van der Waals surface area contributed by atoms with Gasteiger partial charge in [0.25, 0.3) is 0 Å². The summed E-state index contributed by atoms with van der Waals surface area (Å²) >= 11 is 1.63. The highest BCUT2D eigenvalue weighted by atomic mass is 32.1. The number of urea groups is 1. The largest absolute Gasteiger partial charge is 0.334 e. The quantitative estimate of drug-likeness (QED) is 0.868. The van der Waals surface area contributed by atoms with E-state index in [1.54, 1.807) is 11.3 Å². The Morgan fingerprint density at radius 3 is 2.72 bits per heavy atom. The molecule has 0 saturated heterocycles. The van der Waals surface area contributed by atoms with E-state index in [4.69, 9.17) is 0 Å². The van der Waals surface area contributed by atoms with E-state index in [9.17, 15) is 4.79 Å². The predicted octanol–water partition coefficient (Wildman–Crippen LogP) is 3.69. The number of aryl methyl sites for hydroxylation is 2. The van der Waals surface area contributed by atoms with Crippen LogP contribution in [0.5, 0.6) is 0 Å². The molecule has 18 heavy (non-hydrogen) atoms. The minimum absolute atomic E-state index is 0.176. The van der Waals surface area contributed by atoms with E-state index >= 15 is 0 Å². The van der Waals surface area contributed by atoms with Gasteiger partial charge in [-0.25, -0.2) is 4.79 Å². The third-order valence-electron chi connectivity index (χ3n) is 2.80. The second-order valence-corrected chi connectivity index (χ2v) is 5.02. The SMILES string of the molecule is Cc1ccc(NC(=O)NCc2ccsc2)cc1C. The van der Waals surface area contributed by atoms with Crippen LogP contribution < -0.4 is 10.6 Å². The second kappa shape index (κ2) is 5.69. The molecule has 0 aliphatic heterocycles. The molecule has 94 valence electrons. The third-order valence-corrected chi connectivity index (χ3v) is 3.53. The van der Waals surface area contributed by atoms with E-state index < -0.39 is 0 Å². The van der Waals surface area contributed by atoms with Crippen LogP contribution in [0.1, 0.15) is 16.7 Å². The Morgan fingerprint density at radius 1 is 1.22 bits per heavy atom. The van der Waals surface area contributed by atoms with Gasteiger partial charge in [-0.2, -0.15) is 11.3 Å². The number of hydrogen-bond donors (Lipinski definition) is 2. The summed E-state index contributed by atoms with van der Waals surface area (Å²) in [7, 11) is 0. The van der Waals surface area contributed by atoms with Crippen molar-refractivity contribution in [3.05, 3.63) is 51.7 Å². The Morgan fingerprint density at radius 2 is 2.06 bits per heavy atom. The number of rotatable bonds is 3. The van der Waals surface area contributed by atoms with E-state index in [0.29, 0.717) is 6.54 Å². The van der Waals surface area contributed by atoms with Crippen molar-refractivity contribution in [1.82, 2.24) is 5.32 Å². The second-order valence-electron chi connectivity index (χ2n) is 4.24. The number of benzene rings is 1. The molecule has 2 N–H and O–H groups in total. The molecule has 4 heteroatoms. The zero-order valence-corrected chi connectivity index (χ0v) is 11.3. The van der Waals surface area contributed by atoms with E-state index in [0.717, 1.165) is 11.3 Å². The number of anilines is 1. The van der Waals surface area contributed by atoms with Crippen LogP contribution in [-0.2, 0) is 6.54 Å². The molecule has 2 amide bonds. The number of thiophene rings is 1. The monoisotopic (exact) mass is 260 g/mol. The van der Waals surface area contributed by atoms with Gasteiger partial charge in [0.05, 0.1) is 0 Å². The molecule has 1 heterocycles. The maximum absolute atomic E-state index is 11.7. The molecular weight excluding hydrogens is 244 g/mol. The topological polar surface area (TPSA) is 41.1 Å². The molecule has 1 aromatic carbocycles. The summed E-state index contributed by atoms with van der Waals surface area (Å²) in [5, 5.41) is 9.67. The Balaban J connectivity index is 1.88. The number of nitrogens with one attached hydrogen (secondary N) is 2. The van der Waals surface area contributed by atoms with Crippen LogP contribution in [0.4, 0.5) is 10.5 Å². The normalized spacial score (nSPS) is 10.1. The minimum Gasteiger partial charge on any atom is -0.334 e. The molecule has 0 unspecified atom stereocenters. The van der Waals surface area contributed by atoms with E-state index in [1.165, 1.54) is 11.1 Å². The molecule has 0 atom stereocenters. The molecule has 0 saturated carbocycles. The fourth-order valence-electron chi connectivity index (χ4n) is 1.57. The first kappa shape index (κ1) is 12.6. The average molecular weight is 260 g/mol. The molecular formula is C14H16N2OS. The Hall–Kier alpha value is -1.81. The fourth-order valence-corrected chi connectivity index (χ4v) is 2.24. The molecule has 0 aliphatic rings. The first-order chi connectivity index (χ1) is 8.65. The lowest BCUT2D eigenvalue weighted by molar-refractivity contribution is 0.252. The molecule has 3 nitrogen and oxygen atoms in total. The molecule has 2 aromatic rings. The summed E-state index contributed by atoms with van der Waals surface area (Å²) in [6.07, 6.45) is 0. The lowest BCUT2D eigenvalue weighted by Gasteiger charge is -2.08. The summed E-state index contributed by atoms with van der Waals surface area (Å²) in [5.74, 6) is 0. The van der Waals surface area contributed by atoms with E-state index in [-0.39, 0.29) is 6.03 Å². The summed E-state index contributed by atoms with van der Waals surface area (Å²) in [6, 6.07) is 7.71. The zero-order chi connectivity index (χ0) is 13.0. The van der Waals surface area contributed by atoms with Gasteiger partial charge in [-0.05, 0) is 59.5 Å². The van der Waals surface area contributed by atoms with Crippen molar-refractivity contribution in [1.29, 1.82) is 0 Å². The van der Waals surface area contributed by atoms with Gasteiger partial charge in [0.1, 0.15) is 0 Å². The maximum atomic E-state index is 11.7. The number of amides is 2. The summed E-state index contributed by atoms with van der Waals surface area (Å²) < 4.78 is 0. The summed E-state index contributed by atoms with van der Waals surface area (Å²) in [4.78, 5) is 11.7. The number of carbonyl (C=O) groups is 1. The number of carbonyl (C=O) groups excluding carboxylic acids is 1. The first-order valence-corrected chi connectivity index (χ1v) is 6.72. The van der Waals surface area contributed by atoms with Crippen molar-refractivity contribution in [3.63, 3.8) is 0 Å². The lowest BCUT2D eigenvalue weighted by Crippen LogP contribution is -2.28. The average Bonchev–Trinajstić information content (AvgIpc) is 2.84. The van der Waals surface area contributed by atoms with Crippen LogP contribution in [0.3, 0.4) is 0 Å². The van der Waals surface area contributed by atoms with Crippen molar-refractivity contribution >= 4 is 23.1 Å². The maximum Gasteiger partial charge on any atom is 0.319 e. The molecule has 0 aliphatic carbocycles. The van der Waals surface area contributed by atoms with Gasteiger partial charge in [-0.3, -0.25) is 0 Å². The van der Waals surface area contributed by atoms with Crippen molar-refractivity contribution in [2.24, 2.45) is 0 Å². The van der Waals surface area contributed by atoms with Crippen LogP contribution in [-0.4, -0.2) is 6.03 Å². The minimum atomic E-state index is -0.176. The standard InChI is InChI=1S/C14H16N2OS/c1-10-3-4-13(7-11(10)2)16-14(17)15-8-12-5-6-18-9-12/h3-7,9H,8H2,1-2H3,(H2,15,16,17). The van der Waals surface area contributed by atoms with Gasteiger partial charge in [-0.1, -0.05) is 6.07 Å². The van der Waals surface area contributed by atoms with Gasteiger partial charge in [-0.15, -0.1) is 0 Å². The lowest BCUT2D eigenvalue weighted by atomic mass is 10.1. The molecule has 0 bridgehead atoms. The Bertz CT molecular complexity index is 535. The van der Waals surface area contributed by atoms with Crippen molar-refractivity contribution in [2.45, 2.75) is 20.4 Å². The first-order valence-electron chi connectivity index (χ1n) is 5.78. The fraction of sp³-hybridized carbons (Fsp3) is 0.214. The Kier molecular flexibility index (Phi) is 3.99. The highest BCUT2D eigenvalue weighted by molar-refractivity contribution is 7.07. The van der Waals surface area contributed by atoms with Gasteiger partial charge < -0.3 is 10.6 Å². The van der Waals surface area contributed by atoms with Gasteiger partial charge in [0, 0.05) is 12.2 Å². The van der Waals surface area contributed by atoms with E-state index in [2.05, 4.69) is 17.6 Å². The van der Waals surface area contributed by atoms with Gasteiger partial charge in [0.2, 0.25) is 0 Å². The highest BCUT2D eigenvalue weighted by Crippen LogP contribution is 2.14. The predicted molar refractivity (Wildman–Crippen MR) is 76.1 cm³/mol. The molecule has 0 spiro atoms. The Labute approximate surface area is 111 Å². The van der Waals surface area contributed by atoms with Crippen LogP contribution in [0.15, 0.2) is 35.0 Å². The van der Waals surface area contributed by atoms with Gasteiger partial charge in [0.15, 0.2) is 0 Å². The summed E-state index contributed by atoms with van der Waals surface area (Å²) in [5.41, 5.74) is 4.33. The van der Waals surface area contributed by atoms with Crippen LogP contribution >= 0.6 is 11.3 Å². The molecule has 0 fully saturated rings. The zero-order valence-electron chi connectivity index (χ0n) is 10.5. The summed E-state index contributed by atoms with van der Waals surface area (Å²) in [6.45, 7) is 4.64. The molecule has 1 aromatic heterocycles. The van der Waals surface area contributed by atoms with Crippen molar-refractivity contribution < 1.29 is 4.79 Å². The molecule has 2 rings (SSSR count). The van der Waals surface area contributed by atoms with Crippen LogP contribution in [0.25, 0.3) is 0 Å². The third kappa shape index (κ3) is 3.34. The van der Waals surface area contributed by atoms with Crippen molar-refractivity contribution in [2.75, 3.05) is 5.32 Å². The highest BCUT2D eigenvalue weighted by Gasteiger charge is 2.02. The van der Waals surface area contributed by atoms with Crippen molar-refractivity contribution in [3.8, 4) is 0 Å². The van der Waals surface area contributed by atoms with Gasteiger partial charge >= 0.3 is 6.03 Å².